The molecule has 2 fully saturated rings. The van der Waals surface area contributed by atoms with Crippen molar-refractivity contribution in [1.29, 1.82) is 5.26 Å². The van der Waals surface area contributed by atoms with Gasteiger partial charge in [0.15, 0.2) is 0 Å². The molecule has 216 valence electrons. The molecule has 2 unspecified atom stereocenters. The van der Waals surface area contributed by atoms with Crippen molar-refractivity contribution in [3.63, 3.8) is 0 Å². The van der Waals surface area contributed by atoms with Gasteiger partial charge in [-0.1, -0.05) is 6.07 Å². The number of fused-ring (bicyclic) bond motifs is 1. The lowest BCUT2D eigenvalue weighted by Gasteiger charge is -2.40. The lowest BCUT2D eigenvalue weighted by atomic mass is 9.94. The molecular weight excluding hydrogens is 553 g/mol. The molecule has 1 aromatic heterocycles. The number of amides is 3. The van der Waals surface area contributed by atoms with E-state index in [0.29, 0.717) is 34.6 Å². The van der Waals surface area contributed by atoms with Gasteiger partial charge in [-0.05, 0) is 68.5 Å². The Bertz CT molecular complexity index is 1670. The molecule has 1 saturated carbocycles. The summed E-state index contributed by atoms with van der Waals surface area (Å²) in [5, 5.41) is 15.2. The molecule has 1 aliphatic carbocycles. The Morgan fingerprint density at radius 1 is 1.20 bits per heavy atom. The Morgan fingerprint density at radius 2 is 1.93 bits per heavy atom. The van der Waals surface area contributed by atoms with Gasteiger partial charge in [0.1, 0.15) is 17.9 Å². The lowest BCUT2D eigenvalue weighted by Crippen LogP contribution is -2.59. The topological polar surface area (TPSA) is 155 Å². The quantitative estimate of drug-likeness (QED) is 0.405. The summed E-state index contributed by atoms with van der Waals surface area (Å²) in [7, 11) is 0. The van der Waals surface area contributed by atoms with Crippen molar-refractivity contribution in [3.05, 3.63) is 74.2 Å². The van der Waals surface area contributed by atoms with E-state index in [9.17, 15) is 23.6 Å². The van der Waals surface area contributed by atoms with E-state index in [1.807, 2.05) is 13.8 Å². The molecule has 5 rings (SSSR count). The van der Waals surface area contributed by atoms with Crippen LogP contribution in [0.5, 0.6) is 0 Å². The highest BCUT2D eigenvalue weighted by Gasteiger charge is 2.39. The minimum Gasteiger partial charge on any atom is -0.368 e. The van der Waals surface area contributed by atoms with Crippen LogP contribution < -0.4 is 27.6 Å². The number of aromatic nitrogens is 2. The average molecular weight is 584 g/mol. The van der Waals surface area contributed by atoms with Crippen molar-refractivity contribution in [2.24, 2.45) is 11.7 Å². The number of primary amides is 1. The molecule has 4 N–H and O–H groups in total. The van der Waals surface area contributed by atoms with E-state index < -0.39 is 35.4 Å². The molecule has 0 radical (unpaired) electrons. The zero-order valence-electron chi connectivity index (χ0n) is 22.6. The maximum absolute atomic E-state index is 14.5. The van der Waals surface area contributed by atoms with Crippen LogP contribution in [0.3, 0.4) is 0 Å². The fraction of sp³-hybridized carbons (Fsp3) is 0.393. The number of rotatable bonds is 6. The molecule has 2 heterocycles. The summed E-state index contributed by atoms with van der Waals surface area (Å²) in [6.45, 7) is 4.54. The fourth-order valence-corrected chi connectivity index (χ4v) is 5.31. The number of nitrogens with one attached hydrogen (secondary N) is 2. The van der Waals surface area contributed by atoms with Crippen molar-refractivity contribution in [1.82, 2.24) is 19.4 Å². The molecule has 2 aliphatic rings. The van der Waals surface area contributed by atoms with E-state index in [1.54, 1.807) is 28.8 Å². The Balaban J connectivity index is 0.00000387. The number of nitrogens with zero attached hydrogens (tertiary/aromatic N) is 4. The van der Waals surface area contributed by atoms with Crippen LogP contribution in [-0.4, -0.2) is 45.1 Å². The number of carbonyl (C=O) groups excluding carboxylic acids is 2. The SMILES string of the molecule is CC(C)n1c(=O)n(CC2CC2)c(=O)c2cc(NC(=O)N3CCNC(C(N)=O)C3c3ccc(C#N)c(F)c3)ccc21.Cl. The number of nitrogens with two attached hydrogens (primary N) is 1. The van der Waals surface area contributed by atoms with Crippen molar-refractivity contribution in [3.8, 4) is 6.07 Å². The normalized spacial score (nSPS) is 18.6. The summed E-state index contributed by atoms with van der Waals surface area (Å²) in [6, 6.07) is 7.70. The highest BCUT2D eigenvalue weighted by Crippen LogP contribution is 2.31. The van der Waals surface area contributed by atoms with Gasteiger partial charge in [-0.15, -0.1) is 12.4 Å². The number of hydrogen-bond donors (Lipinski definition) is 3. The lowest BCUT2D eigenvalue weighted by molar-refractivity contribution is -0.122. The van der Waals surface area contributed by atoms with E-state index >= 15 is 0 Å². The molecule has 3 aromatic rings. The highest BCUT2D eigenvalue weighted by atomic mass is 35.5. The van der Waals surface area contributed by atoms with E-state index in [4.69, 9.17) is 11.0 Å². The third-order valence-electron chi connectivity index (χ3n) is 7.46. The zero-order valence-corrected chi connectivity index (χ0v) is 23.4. The number of anilines is 1. The van der Waals surface area contributed by atoms with Crippen LogP contribution in [0.4, 0.5) is 14.9 Å². The summed E-state index contributed by atoms with van der Waals surface area (Å²) in [6.07, 6.45) is 1.95. The number of nitriles is 1. The summed E-state index contributed by atoms with van der Waals surface area (Å²) in [4.78, 5) is 53.7. The second kappa shape index (κ2) is 11.7. The molecular formula is C28H31ClFN7O4. The number of piperazine rings is 1. The van der Waals surface area contributed by atoms with Gasteiger partial charge in [-0.2, -0.15) is 5.26 Å². The number of urea groups is 1. The summed E-state index contributed by atoms with van der Waals surface area (Å²) in [5.74, 6) is -1.19. The average Bonchev–Trinajstić information content (AvgIpc) is 3.75. The maximum Gasteiger partial charge on any atom is 0.331 e. The van der Waals surface area contributed by atoms with Crippen molar-refractivity contribution < 1.29 is 14.0 Å². The van der Waals surface area contributed by atoms with Gasteiger partial charge < -0.3 is 21.3 Å². The summed E-state index contributed by atoms with van der Waals surface area (Å²) < 4.78 is 17.3. The van der Waals surface area contributed by atoms with Crippen LogP contribution in [0.25, 0.3) is 10.9 Å². The molecule has 0 bridgehead atoms. The number of carbonyl (C=O) groups is 2. The van der Waals surface area contributed by atoms with Crippen LogP contribution in [0.15, 0.2) is 46.0 Å². The van der Waals surface area contributed by atoms with Gasteiger partial charge in [0.2, 0.25) is 5.91 Å². The minimum absolute atomic E-state index is 0. The van der Waals surface area contributed by atoms with Crippen LogP contribution in [-0.2, 0) is 11.3 Å². The Hall–Kier alpha value is -4.21. The molecule has 1 saturated heterocycles. The third kappa shape index (κ3) is 5.68. The second-order valence-electron chi connectivity index (χ2n) is 10.6. The van der Waals surface area contributed by atoms with Gasteiger partial charge in [-0.25, -0.2) is 14.0 Å². The van der Waals surface area contributed by atoms with Crippen LogP contribution in [0, 0.1) is 23.1 Å². The second-order valence-corrected chi connectivity index (χ2v) is 10.6. The molecule has 3 amide bonds. The van der Waals surface area contributed by atoms with Crippen LogP contribution >= 0.6 is 12.4 Å². The first-order valence-electron chi connectivity index (χ1n) is 13.2. The first-order valence-corrected chi connectivity index (χ1v) is 13.2. The van der Waals surface area contributed by atoms with Crippen molar-refractivity contribution >= 4 is 40.9 Å². The van der Waals surface area contributed by atoms with Crippen LogP contribution in [0.1, 0.15) is 49.9 Å². The van der Waals surface area contributed by atoms with Crippen molar-refractivity contribution in [2.75, 3.05) is 18.4 Å². The van der Waals surface area contributed by atoms with Gasteiger partial charge >= 0.3 is 11.7 Å². The van der Waals surface area contributed by atoms with Gasteiger partial charge in [0.25, 0.3) is 5.56 Å². The maximum atomic E-state index is 14.5. The standard InChI is InChI=1S/C28H30FN7O4.ClH/c1-15(2)36-22-8-7-19(12-20(22)26(38)35(28(36)40)14-16-3-4-16)33-27(39)34-10-9-32-23(25(31)37)24(34)17-5-6-18(13-30)21(29)11-17;/h5-8,11-12,15-16,23-24,32H,3-4,9-10,14H2,1-2H3,(H2,31,37)(H,33,39);1H. The van der Waals surface area contributed by atoms with E-state index in [2.05, 4.69) is 10.6 Å². The third-order valence-corrected chi connectivity index (χ3v) is 7.46. The molecule has 0 spiro atoms. The molecule has 41 heavy (non-hydrogen) atoms. The fourth-order valence-electron chi connectivity index (χ4n) is 5.31. The number of benzene rings is 2. The van der Waals surface area contributed by atoms with E-state index in [-0.39, 0.29) is 42.8 Å². The monoisotopic (exact) mass is 583 g/mol. The number of halogens is 2. The molecule has 2 aromatic carbocycles. The van der Waals surface area contributed by atoms with Crippen LogP contribution in [0.2, 0.25) is 0 Å². The molecule has 13 heteroatoms. The first-order chi connectivity index (χ1) is 19.1. The Morgan fingerprint density at radius 3 is 2.54 bits per heavy atom. The minimum atomic E-state index is -1.00. The first kappa shape index (κ1) is 29.8. The van der Waals surface area contributed by atoms with Crippen molar-refractivity contribution in [2.45, 2.75) is 51.4 Å². The molecule has 1 aliphatic heterocycles. The Kier molecular flexibility index (Phi) is 8.51. The summed E-state index contributed by atoms with van der Waals surface area (Å²) in [5.41, 5.74) is 5.77. The largest absolute Gasteiger partial charge is 0.368 e. The smallest absolute Gasteiger partial charge is 0.331 e. The molecule has 2 atom stereocenters. The number of hydrogen-bond acceptors (Lipinski definition) is 6. The van der Waals surface area contributed by atoms with Gasteiger partial charge in [0, 0.05) is 31.4 Å². The Labute approximate surface area is 241 Å². The van der Waals surface area contributed by atoms with E-state index in [1.165, 1.54) is 21.6 Å². The summed E-state index contributed by atoms with van der Waals surface area (Å²) >= 11 is 0. The predicted molar refractivity (Wildman–Crippen MR) is 153 cm³/mol. The molecule has 11 nitrogen and oxygen atoms in total. The zero-order chi connectivity index (χ0) is 28.7. The highest BCUT2D eigenvalue weighted by molar-refractivity contribution is 5.93. The van der Waals surface area contributed by atoms with E-state index in [0.717, 1.165) is 18.9 Å². The predicted octanol–water partition coefficient (Wildman–Crippen LogP) is 2.62. The van der Waals surface area contributed by atoms with Gasteiger partial charge in [-0.3, -0.25) is 18.7 Å². The van der Waals surface area contributed by atoms with Gasteiger partial charge in [0.05, 0.1) is 22.5 Å².